The summed E-state index contributed by atoms with van der Waals surface area (Å²) in [5.41, 5.74) is 10.5. The average Bonchev–Trinajstić information content (AvgIpc) is 1.96. The van der Waals surface area contributed by atoms with Crippen LogP contribution in [0.3, 0.4) is 0 Å². The maximum atomic E-state index is 12.8. The van der Waals surface area contributed by atoms with Crippen LogP contribution < -0.4 is 11.5 Å². The SMILES string of the molecule is NC(=O)c1cc(F)c(Br)cc1N. The van der Waals surface area contributed by atoms with Crippen LogP contribution in [0.1, 0.15) is 10.4 Å². The van der Waals surface area contributed by atoms with Gasteiger partial charge in [0.2, 0.25) is 0 Å². The predicted molar refractivity (Wildman–Crippen MR) is 47.0 cm³/mol. The number of carbonyl (C=O) groups is 1. The molecule has 4 N–H and O–H groups in total. The summed E-state index contributed by atoms with van der Waals surface area (Å²) in [6.45, 7) is 0. The number of benzene rings is 1. The van der Waals surface area contributed by atoms with Gasteiger partial charge in [0.1, 0.15) is 5.82 Å². The van der Waals surface area contributed by atoms with E-state index in [-0.39, 0.29) is 15.7 Å². The highest BCUT2D eigenvalue weighted by atomic mass is 79.9. The maximum Gasteiger partial charge on any atom is 0.250 e. The molecule has 0 atom stereocenters. The Morgan fingerprint density at radius 3 is 2.58 bits per heavy atom. The molecule has 0 aliphatic carbocycles. The van der Waals surface area contributed by atoms with E-state index in [2.05, 4.69) is 15.9 Å². The summed E-state index contributed by atoms with van der Waals surface area (Å²) in [7, 11) is 0. The monoisotopic (exact) mass is 232 g/mol. The van der Waals surface area contributed by atoms with E-state index < -0.39 is 11.7 Å². The van der Waals surface area contributed by atoms with Crippen molar-refractivity contribution in [2.45, 2.75) is 0 Å². The number of halogens is 2. The molecule has 0 radical (unpaired) electrons. The van der Waals surface area contributed by atoms with Crippen LogP contribution in [0, 0.1) is 5.82 Å². The third kappa shape index (κ3) is 1.55. The fourth-order valence-electron chi connectivity index (χ4n) is 0.776. The Balaban J connectivity index is 3.33. The first-order valence-electron chi connectivity index (χ1n) is 3.06. The number of hydrogen-bond donors (Lipinski definition) is 2. The van der Waals surface area contributed by atoms with E-state index in [1.165, 1.54) is 6.07 Å². The Morgan fingerprint density at radius 1 is 1.50 bits per heavy atom. The largest absolute Gasteiger partial charge is 0.398 e. The number of rotatable bonds is 1. The van der Waals surface area contributed by atoms with Crippen LogP contribution in [0.25, 0.3) is 0 Å². The van der Waals surface area contributed by atoms with Crippen molar-refractivity contribution in [2.24, 2.45) is 5.73 Å². The molecule has 0 unspecified atom stereocenters. The lowest BCUT2D eigenvalue weighted by Gasteiger charge is -2.02. The summed E-state index contributed by atoms with van der Waals surface area (Å²) < 4.78 is 13.0. The van der Waals surface area contributed by atoms with E-state index in [4.69, 9.17) is 11.5 Å². The van der Waals surface area contributed by atoms with E-state index in [9.17, 15) is 9.18 Å². The highest BCUT2D eigenvalue weighted by molar-refractivity contribution is 9.10. The maximum absolute atomic E-state index is 12.8. The minimum Gasteiger partial charge on any atom is -0.398 e. The first-order valence-corrected chi connectivity index (χ1v) is 3.86. The second kappa shape index (κ2) is 3.10. The van der Waals surface area contributed by atoms with Crippen LogP contribution in [0.4, 0.5) is 10.1 Å². The lowest BCUT2D eigenvalue weighted by Crippen LogP contribution is -2.13. The molecule has 5 heteroatoms. The third-order valence-corrected chi connectivity index (χ3v) is 1.97. The van der Waals surface area contributed by atoms with Gasteiger partial charge < -0.3 is 11.5 Å². The smallest absolute Gasteiger partial charge is 0.250 e. The third-order valence-electron chi connectivity index (χ3n) is 1.36. The standard InChI is InChI=1S/C7H6BrFN2O/c8-4-2-6(10)3(7(11)12)1-5(4)9/h1-2H,10H2,(H2,11,12). The molecule has 0 aromatic heterocycles. The summed E-state index contributed by atoms with van der Waals surface area (Å²) in [4.78, 5) is 10.6. The minimum absolute atomic E-state index is 0.00398. The Kier molecular flexibility index (Phi) is 2.32. The molecular formula is C7H6BrFN2O. The summed E-state index contributed by atoms with van der Waals surface area (Å²) in [6.07, 6.45) is 0. The summed E-state index contributed by atoms with van der Waals surface area (Å²) in [5, 5.41) is 0. The van der Waals surface area contributed by atoms with Gasteiger partial charge in [-0.3, -0.25) is 4.79 Å². The number of nitrogen functional groups attached to an aromatic ring is 1. The predicted octanol–water partition coefficient (Wildman–Crippen LogP) is 1.27. The molecule has 64 valence electrons. The molecule has 0 saturated carbocycles. The molecule has 3 nitrogen and oxygen atoms in total. The zero-order valence-corrected chi connectivity index (χ0v) is 7.56. The minimum atomic E-state index is -0.737. The van der Waals surface area contributed by atoms with Crippen molar-refractivity contribution >= 4 is 27.5 Å². The molecule has 0 aliphatic heterocycles. The van der Waals surface area contributed by atoms with Gasteiger partial charge in [-0.05, 0) is 28.1 Å². The van der Waals surface area contributed by atoms with E-state index >= 15 is 0 Å². The van der Waals surface area contributed by atoms with Crippen LogP contribution in [-0.2, 0) is 0 Å². The molecule has 1 amide bonds. The van der Waals surface area contributed by atoms with Crippen molar-refractivity contribution in [2.75, 3.05) is 5.73 Å². The highest BCUT2D eigenvalue weighted by Crippen LogP contribution is 2.21. The van der Waals surface area contributed by atoms with E-state index in [0.29, 0.717) is 0 Å². The van der Waals surface area contributed by atoms with E-state index in [1.807, 2.05) is 0 Å². The fraction of sp³-hybridized carbons (Fsp3) is 0. The second-order valence-corrected chi connectivity index (χ2v) is 3.07. The van der Waals surface area contributed by atoms with Crippen LogP contribution in [-0.4, -0.2) is 5.91 Å². The van der Waals surface area contributed by atoms with Gasteiger partial charge in [0, 0.05) is 5.69 Å². The Morgan fingerprint density at radius 2 is 2.08 bits per heavy atom. The molecule has 0 bridgehead atoms. The van der Waals surface area contributed by atoms with Gasteiger partial charge >= 0.3 is 0 Å². The van der Waals surface area contributed by atoms with Gasteiger partial charge in [-0.1, -0.05) is 0 Å². The van der Waals surface area contributed by atoms with Crippen molar-refractivity contribution in [3.63, 3.8) is 0 Å². The summed E-state index contributed by atoms with van der Waals surface area (Å²) >= 11 is 2.92. The molecule has 1 aromatic rings. The number of amides is 1. The quantitative estimate of drug-likeness (QED) is 0.717. The molecule has 0 fully saturated rings. The normalized spacial score (nSPS) is 9.83. The number of anilines is 1. The number of nitrogens with two attached hydrogens (primary N) is 2. The van der Waals surface area contributed by atoms with Gasteiger partial charge in [0.05, 0.1) is 10.0 Å². The lowest BCUT2D eigenvalue weighted by atomic mass is 10.1. The Hall–Kier alpha value is -1.10. The Labute approximate surface area is 76.7 Å². The highest BCUT2D eigenvalue weighted by Gasteiger charge is 2.09. The first-order chi connectivity index (χ1) is 5.52. The molecular weight excluding hydrogens is 227 g/mol. The molecule has 1 rings (SSSR count). The Bertz CT molecular complexity index is 340. The van der Waals surface area contributed by atoms with Gasteiger partial charge in [-0.2, -0.15) is 0 Å². The van der Waals surface area contributed by atoms with Crippen LogP contribution in [0.15, 0.2) is 16.6 Å². The zero-order valence-electron chi connectivity index (χ0n) is 5.97. The number of carbonyl (C=O) groups excluding carboxylic acids is 1. The van der Waals surface area contributed by atoms with Crippen molar-refractivity contribution in [1.29, 1.82) is 0 Å². The average molecular weight is 233 g/mol. The van der Waals surface area contributed by atoms with Crippen molar-refractivity contribution < 1.29 is 9.18 Å². The van der Waals surface area contributed by atoms with Crippen molar-refractivity contribution in [3.8, 4) is 0 Å². The van der Waals surface area contributed by atoms with Gasteiger partial charge in [-0.15, -0.1) is 0 Å². The summed E-state index contributed by atoms with van der Waals surface area (Å²) in [6, 6.07) is 2.30. The number of primary amides is 1. The van der Waals surface area contributed by atoms with E-state index in [1.54, 1.807) is 0 Å². The van der Waals surface area contributed by atoms with Gasteiger partial charge in [0.15, 0.2) is 0 Å². The summed E-state index contributed by atoms with van der Waals surface area (Å²) in [5.74, 6) is -1.29. The molecule has 0 saturated heterocycles. The fourth-order valence-corrected chi connectivity index (χ4v) is 1.14. The second-order valence-electron chi connectivity index (χ2n) is 2.22. The molecule has 1 aromatic carbocycles. The topological polar surface area (TPSA) is 69.1 Å². The first kappa shape index (κ1) is 8.99. The van der Waals surface area contributed by atoms with Crippen LogP contribution in [0.2, 0.25) is 0 Å². The van der Waals surface area contributed by atoms with E-state index in [0.717, 1.165) is 6.07 Å². The molecule has 0 spiro atoms. The van der Waals surface area contributed by atoms with Crippen molar-refractivity contribution in [3.05, 3.63) is 28.0 Å². The lowest BCUT2D eigenvalue weighted by molar-refractivity contribution is 0.100. The van der Waals surface area contributed by atoms with Gasteiger partial charge in [-0.25, -0.2) is 4.39 Å². The number of hydrogen-bond acceptors (Lipinski definition) is 2. The zero-order chi connectivity index (χ0) is 9.30. The van der Waals surface area contributed by atoms with Gasteiger partial charge in [0.25, 0.3) is 5.91 Å². The molecule has 12 heavy (non-hydrogen) atoms. The van der Waals surface area contributed by atoms with Crippen molar-refractivity contribution in [1.82, 2.24) is 0 Å². The molecule has 0 heterocycles. The van der Waals surface area contributed by atoms with Crippen LogP contribution in [0.5, 0.6) is 0 Å². The molecule has 0 aliphatic rings. The van der Waals surface area contributed by atoms with Crippen LogP contribution >= 0.6 is 15.9 Å².